The lowest BCUT2D eigenvalue weighted by atomic mass is 10.1. The molecule has 2 nitrogen and oxygen atoms in total. The minimum Gasteiger partial charge on any atom is -0.354 e. The molecular weight excluding hydrogens is 220 g/mol. The maximum atomic E-state index is 3.63. The van der Waals surface area contributed by atoms with Gasteiger partial charge in [0.1, 0.15) is 0 Å². The molecule has 1 saturated carbocycles. The Morgan fingerprint density at radius 2 is 2.11 bits per heavy atom. The van der Waals surface area contributed by atoms with Gasteiger partial charge in [0.25, 0.3) is 0 Å². The Morgan fingerprint density at radius 3 is 2.78 bits per heavy atom. The van der Waals surface area contributed by atoms with E-state index in [0.717, 1.165) is 12.5 Å². The van der Waals surface area contributed by atoms with Gasteiger partial charge in [0.15, 0.2) is 0 Å². The molecule has 1 aliphatic rings. The number of hydrogen-bond acceptors (Lipinski definition) is 1. The molecule has 1 aliphatic carbocycles. The SMILES string of the molecule is CCCNC(CC)c1ccn(CC2CCCC2)c1. The molecule has 1 unspecified atom stereocenters. The number of nitrogens with zero attached hydrogens (tertiary/aromatic N) is 1. The van der Waals surface area contributed by atoms with Gasteiger partial charge in [0.2, 0.25) is 0 Å². The van der Waals surface area contributed by atoms with E-state index in [-0.39, 0.29) is 0 Å². The monoisotopic (exact) mass is 248 g/mol. The van der Waals surface area contributed by atoms with Gasteiger partial charge in [-0.15, -0.1) is 0 Å². The maximum Gasteiger partial charge on any atom is 0.0332 e. The fourth-order valence-electron chi connectivity index (χ4n) is 3.09. The fraction of sp³-hybridized carbons (Fsp3) is 0.750. The quantitative estimate of drug-likeness (QED) is 0.767. The summed E-state index contributed by atoms with van der Waals surface area (Å²) in [5, 5.41) is 3.63. The van der Waals surface area contributed by atoms with E-state index in [1.165, 1.54) is 50.6 Å². The molecule has 1 atom stereocenters. The fourth-order valence-corrected chi connectivity index (χ4v) is 3.09. The minimum absolute atomic E-state index is 0.537. The van der Waals surface area contributed by atoms with Crippen molar-refractivity contribution in [2.45, 2.75) is 65.0 Å². The van der Waals surface area contributed by atoms with Crippen LogP contribution < -0.4 is 5.32 Å². The summed E-state index contributed by atoms with van der Waals surface area (Å²) in [7, 11) is 0. The van der Waals surface area contributed by atoms with Crippen LogP contribution in [0.3, 0.4) is 0 Å². The topological polar surface area (TPSA) is 17.0 Å². The number of hydrogen-bond donors (Lipinski definition) is 1. The summed E-state index contributed by atoms with van der Waals surface area (Å²) in [5.74, 6) is 0.925. The second-order valence-electron chi connectivity index (χ2n) is 5.71. The van der Waals surface area contributed by atoms with Crippen LogP contribution in [-0.2, 0) is 6.54 Å². The normalized spacial score (nSPS) is 18.3. The summed E-state index contributed by atoms with van der Waals surface area (Å²) in [6.07, 6.45) is 12.7. The Kier molecular flexibility index (Phi) is 5.30. The van der Waals surface area contributed by atoms with Gasteiger partial charge in [-0.2, -0.15) is 0 Å². The number of nitrogens with one attached hydrogen (secondary N) is 1. The van der Waals surface area contributed by atoms with E-state index in [2.05, 4.69) is 42.2 Å². The summed E-state index contributed by atoms with van der Waals surface area (Å²) in [6, 6.07) is 2.83. The molecule has 0 amide bonds. The Balaban J connectivity index is 1.90. The van der Waals surface area contributed by atoms with Gasteiger partial charge < -0.3 is 9.88 Å². The summed E-state index contributed by atoms with van der Waals surface area (Å²) in [6.45, 7) is 6.84. The highest BCUT2D eigenvalue weighted by Gasteiger charge is 2.16. The molecular formula is C16H28N2. The summed E-state index contributed by atoms with van der Waals surface area (Å²) < 4.78 is 2.40. The molecule has 0 radical (unpaired) electrons. The third-order valence-electron chi connectivity index (χ3n) is 4.17. The van der Waals surface area contributed by atoms with Crippen LogP contribution in [0.15, 0.2) is 18.5 Å². The average Bonchev–Trinajstić information content (AvgIpc) is 3.03. The van der Waals surface area contributed by atoms with Crippen LogP contribution in [0.1, 0.15) is 64.0 Å². The van der Waals surface area contributed by atoms with Crippen molar-refractivity contribution in [2.75, 3.05) is 6.54 Å². The van der Waals surface area contributed by atoms with Crippen molar-refractivity contribution < 1.29 is 0 Å². The first-order chi connectivity index (χ1) is 8.83. The van der Waals surface area contributed by atoms with Gasteiger partial charge in [-0.25, -0.2) is 0 Å². The summed E-state index contributed by atoms with van der Waals surface area (Å²) in [5.41, 5.74) is 1.46. The van der Waals surface area contributed by atoms with E-state index in [9.17, 15) is 0 Å². The lowest BCUT2D eigenvalue weighted by Gasteiger charge is -2.15. The Hall–Kier alpha value is -0.760. The zero-order valence-electron chi connectivity index (χ0n) is 12.0. The number of rotatable bonds is 7. The van der Waals surface area contributed by atoms with E-state index in [4.69, 9.17) is 0 Å². The molecule has 0 spiro atoms. The molecule has 18 heavy (non-hydrogen) atoms. The second-order valence-corrected chi connectivity index (χ2v) is 5.71. The van der Waals surface area contributed by atoms with Crippen LogP contribution in [-0.4, -0.2) is 11.1 Å². The largest absolute Gasteiger partial charge is 0.354 e. The molecule has 0 aliphatic heterocycles. The molecule has 1 aromatic heterocycles. The van der Waals surface area contributed by atoms with Crippen molar-refractivity contribution in [3.63, 3.8) is 0 Å². The summed E-state index contributed by atoms with van der Waals surface area (Å²) >= 11 is 0. The second kappa shape index (κ2) is 6.98. The standard InChI is InChI=1S/C16H28N2/c1-3-10-17-16(4-2)15-9-11-18(13-15)12-14-7-5-6-8-14/h9,11,13-14,16-17H,3-8,10,12H2,1-2H3. The highest BCUT2D eigenvalue weighted by atomic mass is 15.0. The van der Waals surface area contributed by atoms with Gasteiger partial charge >= 0.3 is 0 Å². The zero-order valence-corrected chi connectivity index (χ0v) is 12.0. The van der Waals surface area contributed by atoms with E-state index < -0.39 is 0 Å². The van der Waals surface area contributed by atoms with E-state index >= 15 is 0 Å². The molecule has 0 aromatic carbocycles. The van der Waals surface area contributed by atoms with Gasteiger partial charge in [-0.1, -0.05) is 26.7 Å². The molecule has 1 fully saturated rings. The summed E-state index contributed by atoms with van der Waals surface area (Å²) in [4.78, 5) is 0. The van der Waals surface area contributed by atoms with Crippen LogP contribution in [0.2, 0.25) is 0 Å². The van der Waals surface area contributed by atoms with Crippen molar-refractivity contribution >= 4 is 0 Å². The number of aromatic nitrogens is 1. The van der Waals surface area contributed by atoms with E-state index in [1.54, 1.807) is 0 Å². The smallest absolute Gasteiger partial charge is 0.0332 e. The van der Waals surface area contributed by atoms with Gasteiger partial charge in [0, 0.05) is 25.0 Å². The predicted octanol–water partition coefficient (Wildman–Crippen LogP) is 4.13. The van der Waals surface area contributed by atoms with Crippen molar-refractivity contribution in [3.05, 3.63) is 24.0 Å². The third kappa shape index (κ3) is 3.61. The molecule has 0 bridgehead atoms. The highest BCUT2D eigenvalue weighted by molar-refractivity contribution is 5.15. The Bertz CT molecular complexity index is 337. The van der Waals surface area contributed by atoms with Gasteiger partial charge in [-0.3, -0.25) is 0 Å². The first-order valence-corrected chi connectivity index (χ1v) is 7.72. The van der Waals surface area contributed by atoms with Crippen LogP contribution >= 0.6 is 0 Å². The lowest BCUT2D eigenvalue weighted by molar-refractivity contribution is 0.456. The molecule has 2 heteroatoms. The Morgan fingerprint density at radius 1 is 1.33 bits per heavy atom. The van der Waals surface area contributed by atoms with E-state index in [0.29, 0.717) is 6.04 Å². The third-order valence-corrected chi connectivity index (χ3v) is 4.17. The first-order valence-electron chi connectivity index (χ1n) is 7.72. The van der Waals surface area contributed by atoms with Crippen molar-refractivity contribution in [3.8, 4) is 0 Å². The minimum atomic E-state index is 0.537. The molecule has 1 aromatic rings. The van der Waals surface area contributed by atoms with Crippen LogP contribution in [0.4, 0.5) is 0 Å². The van der Waals surface area contributed by atoms with Crippen molar-refractivity contribution in [1.82, 2.24) is 9.88 Å². The van der Waals surface area contributed by atoms with Crippen LogP contribution in [0, 0.1) is 5.92 Å². The predicted molar refractivity (Wildman–Crippen MR) is 77.7 cm³/mol. The Labute approximate surface area is 112 Å². The molecule has 1 heterocycles. The average molecular weight is 248 g/mol. The van der Waals surface area contributed by atoms with Crippen LogP contribution in [0.5, 0.6) is 0 Å². The van der Waals surface area contributed by atoms with Gasteiger partial charge in [0.05, 0.1) is 0 Å². The van der Waals surface area contributed by atoms with Crippen LogP contribution in [0.25, 0.3) is 0 Å². The molecule has 1 N–H and O–H groups in total. The van der Waals surface area contributed by atoms with Gasteiger partial charge in [-0.05, 0) is 49.8 Å². The van der Waals surface area contributed by atoms with E-state index in [1.807, 2.05) is 0 Å². The molecule has 0 saturated heterocycles. The maximum absolute atomic E-state index is 3.63. The van der Waals surface area contributed by atoms with Crippen molar-refractivity contribution in [2.24, 2.45) is 5.92 Å². The molecule has 2 rings (SSSR count). The highest BCUT2D eigenvalue weighted by Crippen LogP contribution is 2.27. The van der Waals surface area contributed by atoms with Crippen molar-refractivity contribution in [1.29, 1.82) is 0 Å². The first kappa shape index (κ1) is 13.7. The zero-order chi connectivity index (χ0) is 12.8. The lowest BCUT2D eigenvalue weighted by Crippen LogP contribution is -2.21. The molecule has 102 valence electrons.